The molecule has 1 aliphatic rings. The van der Waals surface area contributed by atoms with Crippen molar-refractivity contribution in [1.29, 1.82) is 0 Å². The molecule has 7 nitrogen and oxygen atoms in total. The standard InChI is InChI=1S/C13H19N5O2/c1-8-14-11(7-12-15-16-13(20)18(8)12)17(2)9-5-3-4-6-10(9)19/h7,9-10,19H,3-6H2,1-2H3,(H,16,20). The summed E-state index contributed by atoms with van der Waals surface area (Å²) in [6.45, 7) is 1.78. The second-order valence-corrected chi connectivity index (χ2v) is 5.41. The van der Waals surface area contributed by atoms with Gasteiger partial charge in [-0.05, 0) is 19.8 Å². The van der Waals surface area contributed by atoms with Gasteiger partial charge in [0.15, 0.2) is 5.65 Å². The number of fused-ring (bicyclic) bond motifs is 1. The number of nitrogens with one attached hydrogen (secondary N) is 1. The van der Waals surface area contributed by atoms with Crippen LogP contribution in [0.15, 0.2) is 10.9 Å². The summed E-state index contributed by atoms with van der Waals surface area (Å²) >= 11 is 0. The zero-order valence-corrected chi connectivity index (χ0v) is 11.7. The molecule has 2 aromatic rings. The predicted octanol–water partition coefficient (Wildman–Crippen LogP) is 0.466. The molecule has 1 saturated carbocycles. The first kappa shape index (κ1) is 13.1. The minimum absolute atomic E-state index is 0.0729. The van der Waals surface area contributed by atoms with Crippen molar-refractivity contribution in [2.75, 3.05) is 11.9 Å². The lowest BCUT2D eigenvalue weighted by atomic mass is 9.91. The van der Waals surface area contributed by atoms with Crippen LogP contribution in [0.1, 0.15) is 31.5 Å². The molecule has 0 aromatic carbocycles. The number of rotatable bonds is 2. The van der Waals surface area contributed by atoms with Crippen molar-refractivity contribution in [2.24, 2.45) is 0 Å². The molecule has 2 atom stereocenters. The summed E-state index contributed by atoms with van der Waals surface area (Å²) in [6.07, 6.45) is 3.66. The maximum atomic E-state index is 11.6. The number of likely N-dealkylation sites (N-methyl/N-ethyl adjacent to an activating group) is 1. The van der Waals surface area contributed by atoms with Crippen molar-refractivity contribution in [3.8, 4) is 0 Å². The number of H-pyrrole nitrogens is 1. The number of aromatic amines is 1. The first-order valence-corrected chi connectivity index (χ1v) is 6.93. The lowest BCUT2D eigenvalue weighted by Crippen LogP contribution is -2.44. The highest BCUT2D eigenvalue weighted by Gasteiger charge is 2.27. The van der Waals surface area contributed by atoms with E-state index in [2.05, 4.69) is 15.2 Å². The molecule has 20 heavy (non-hydrogen) atoms. The molecule has 2 N–H and O–H groups in total. The summed E-state index contributed by atoms with van der Waals surface area (Å²) in [5.41, 5.74) is 0.270. The van der Waals surface area contributed by atoms with Crippen molar-refractivity contribution in [2.45, 2.75) is 44.8 Å². The van der Waals surface area contributed by atoms with E-state index < -0.39 is 0 Å². The Hall–Kier alpha value is -1.89. The van der Waals surface area contributed by atoms with Gasteiger partial charge in [-0.1, -0.05) is 12.8 Å². The van der Waals surface area contributed by atoms with Gasteiger partial charge in [0.2, 0.25) is 0 Å². The number of aliphatic hydroxyl groups is 1. The van der Waals surface area contributed by atoms with Gasteiger partial charge in [0.25, 0.3) is 0 Å². The molecular weight excluding hydrogens is 258 g/mol. The second kappa shape index (κ2) is 4.90. The van der Waals surface area contributed by atoms with Gasteiger partial charge in [-0.15, -0.1) is 0 Å². The minimum Gasteiger partial charge on any atom is -0.391 e. The molecule has 2 heterocycles. The summed E-state index contributed by atoms with van der Waals surface area (Å²) in [7, 11) is 1.93. The third kappa shape index (κ3) is 2.07. The Kier molecular flexibility index (Phi) is 3.21. The van der Waals surface area contributed by atoms with E-state index in [1.165, 1.54) is 4.40 Å². The van der Waals surface area contributed by atoms with Crippen LogP contribution in [-0.4, -0.2) is 43.9 Å². The molecule has 0 bridgehead atoms. The Morgan fingerprint density at radius 1 is 1.45 bits per heavy atom. The van der Waals surface area contributed by atoms with Crippen LogP contribution < -0.4 is 10.6 Å². The highest BCUT2D eigenvalue weighted by molar-refractivity contribution is 5.51. The Morgan fingerprint density at radius 2 is 2.20 bits per heavy atom. The zero-order chi connectivity index (χ0) is 14.3. The van der Waals surface area contributed by atoms with E-state index in [-0.39, 0.29) is 17.8 Å². The van der Waals surface area contributed by atoms with E-state index in [1.54, 1.807) is 13.0 Å². The molecular formula is C13H19N5O2. The lowest BCUT2D eigenvalue weighted by molar-refractivity contribution is 0.106. The summed E-state index contributed by atoms with van der Waals surface area (Å²) in [6, 6.07) is 1.84. The number of hydrogen-bond donors (Lipinski definition) is 2. The van der Waals surface area contributed by atoms with Crippen LogP contribution >= 0.6 is 0 Å². The Balaban J connectivity index is 1.99. The topological polar surface area (TPSA) is 86.5 Å². The molecule has 0 radical (unpaired) electrons. The van der Waals surface area contributed by atoms with E-state index in [1.807, 2.05) is 11.9 Å². The lowest BCUT2D eigenvalue weighted by Gasteiger charge is -2.35. The quantitative estimate of drug-likeness (QED) is 0.833. The molecule has 0 amide bonds. The third-order valence-electron chi connectivity index (χ3n) is 4.11. The molecule has 1 aliphatic carbocycles. The number of anilines is 1. The van der Waals surface area contributed by atoms with Gasteiger partial charge in [0.1, 0.15) is 11.6 Å². The van der Waals surface area contributed by atoms with Crippen LogP contribution in [0.3, 0.4) is 0 Å². The van der Waals surface area contributed by atoms with Crippen molar-refractivity contribution in [1.82, 2.24) is 19.6 Å². The molecule has 2 aromatic heterocycles. The molecule has 0 spiro atoms. The Bertz CT molecular complexity index is 677. The molecule has 0 saturated heterocycles. The third-order valence-corrected chi connectivity index (χ3v) is 4.11. The average molecular weight is 277 g/mol. The summed E-state index contributed by atoms with van der Waals surface area (Å²) in [5, 5.41) is 16.5. The second-order valence-electron chi connectivity index (χ2n) is 5.41. The fraction of sp³-hybridized carbons (Fsp3) is 0.615. The fourth-order valence-electron chi connectivity index (χ4n) is 2.98. The van der Waals surface area contributed by atoms with E-state index in [0.717, 1.165) is 31.5 Å². The van der Waals surface area contributed by atoms with E-state index >= 15 is 0 Å². The van der Waals surface area contributed by atoms with Crippen molar-refractivity contribution >= 4 is 11.5 Å². The van der Waals surface area contributed by atoms with Crippen molar-refractivity contribution in [3.05, 3.63) is 22.4 Å². The van der Waals surface area contributed by atoms with Crippen LogP contribution in [0.25, 0.3) is 5.65 Å². The summed E-state index contributed by atoms with van der Waals surface area (Å²) in [5.74, 6) is 1.33. The fourth-order valence-corrected chi connectivity index (χ4v) is 2.98. The van der Waals surface area contributed by atoms with Gasteiger partial charge in [0, 0.05) is 13.1 Å². The molecule has 2 unspecified atom stereocenters. The normalized spacial score (nSPS) is 23.1. The summed E-state index contributed by atoms with van der Waals surface area (Å²) in [4.78, 5) is 18.0. The maximum Gasteiger partial charge on any atom is 0.349 e. The van der Waals surface area contributed by atoms with Crippen LogP contribution in [0.4, 0.5) is 5.82 Å². The Morgan fingerprint density at radius 3 is 2.95 bits per heavy atom. The van der Waals surface area contributed by atoms with Gasteiger partial charge in [-0.3, -0.25) is 0 Å². The first-order chi connectivity index (χ1) is 9.58. The SMILES string of the molecule is Cc1nc(N(C)C2CCCCC2O)cc2n[nH]c(=O)n12. The highest BCUT2D eigenvalue weighted by atomic mass is 16.3. The predicted molar refractivity (Wildman–Crippen MR) is 75.0 cm³/mol. The largest absolute Gasteiger partial charge is 0.391 e. The minimum atomic E-state index is -0.326. The van der Waals surface area contributed by atoms with Gasteiger partial charge < -0.3 is 10.0 Å². The maximum absolute atomic E-state index is 11.6. The van der Waals surface area contributed by atoms with Crippen LogP contribution in [-0.2, 0) is 0 Å². The average Bonchev–Trinajstić information content (AvgIpc) is 2.80. The van der Waals surface area contributed by atoms with Gasteiger partial charge >= 0.3 is 5.69 Å². The first-order valence-electron chi connectivity index (χ1n) is 6.93. The molecule has 3 rings (SSSR count). The number of aliphatic hydroxyl groups excluding tert-OH is 1. The number of nitrogens with zero attached hydrogens (tertiary/aromatic N) is 4. The molecule has 0 aliphatic heterocycles. The van der Waals surface area contributed by atoms with E-state index in [9.17, 15) is 9.90 Å². The van der Waals surface area contributed by atoms with Gasteiger partial charge in [-0.2, -0.15) is 5.10 Å². The molecule has 7 heteroatoms. The van der Waals surface area contributed by atoms with E-state index in [0.29, 0.717) is 11.5 Å². The number of aryl methyl sites for hydroxylation is 1. The van der Waals surface area contributed by atoms with Gasteiger partial charge in [-0.25, -0.2) is 19.3 Å². The van der Waals surface area contributed by atoms with Crippen molar-refractivity contribution in [3.63, 3.8) is 0 Å². The molecule has 108 valence electrons. The van der Waals surface area contributed by atoms with Crippen LogP contribution in [0.2, 0.25) is 0 Å². The zero-order valence-electron chi connectivity index (χ0n) is 11.7. The van der Waals surface area contributed by atoms with Crippen LogP contribution in [0.5, 0.6) is 0 Å². The smallest absolute Gasteiger partial charge is 0.349 e. The molecule has 1 fully saturated rings. The number of hydrogen-bond acceptors (Lipinski definition) is 5. The van der Waals surface area contributed by atoms with Gasteiger partial charge in [0.05, 0.1) is 12.1 Å². The highest BCUT2D eigenvalue weighted by Crippen LogP contribution is 2.26. The summed E-state index contributed by atoms with van der Waals surface area (Å²) < 4.78 is 1.44. The Labute approximate surface area is 116 Å². The van der Waals surface area contributed by atoms with Crippen molar-refractivity contribution < 1.29 is 5.11 Å². The number of aromatic nitrogens is 4. The van der Waals surface area contributed by atoms with Crippen LogP contribution in [0, 0.1) is 6.92 Å². The monoisotopic (exact) mass is 277 g/mol. The van der Waals surface area contributed by atoms with E-state index in [4.69, 9.17) is 0 Å².